The number of thiocarbonyl (C=S) groups is 1. The summed E-state index contributed by atoms with van der Waals surface area (Å²) in [6.07, 6.45) is 6.98. The number of carbonyl (C=O) groups excluding carboxylic acids is 1. The molecule has 1 aliphatic heterocycles. The number of halogens is 1. The van der Waals surface area contributed by atoms with Gasteiger partial charge in [0.15, 0.2) is 0 Å². The second-order valence-corrected chi connectivity index (χ2v) is 10.7. The highest BCUT2D eigenvalue weighted by Gasteiger charge is 2.47. The number of thioether (sulfide) groups is 1. The molecule has 2 heterocycles. The van der Waals surface area contributed by atoms with Crippen molar-refractivity contribution >= 4 is 63.2 Å². The van der Waals surface area contributed by atoms with Crippen molar-refractivity contribution < 1.29 is 4.79 Å². The van der Waals surface area contributed by atoms with E-state index in [2.05, 4.69) is 12.1 Å². The highest BCUT2D eigenvalue weighted by atomic mass is 35.5. The van der Waals surface area contributed by atoms with Crippen molar-refractivity contribution in [3.05, 3.63) is 51.2 Å². The van der Waals surface area contributed by atoms with Crippen molar-refractivity contribution in [3.63, 3.8) is 0 Å². The van der Waals surface area contributed by atoms with Gasteiger partial charge in [0.2, 0.25) is 0 Å². The number of carbonyl (C=O) groups is 1. The zero-order chi connectivity index (χ0) is 18.5. The number of nitrogens with zero attached hydrogens (tertiary/aromatic N) is 1. The average molecular weight is 432 g/mol. The van der Waals surface area contributed by atoms with Gasteiger partial charge >= 0.3 is 0 Å². The molecule has 27 heavy (non-hydrogen) atoms. The molecule has 1 saturated heterocycles. The summed E-state index contributed by atoms with van der Waals surface area (Å²) in [4.78, 5) is 18.0. The number of amides is 1. The van der Waals surface area contributed by atoms with Gasteiger partial charge in [0.1, 0.15) is 4.32 Å². The van der Waals surface area contributed by atoms with Crippen LogP contribution in [0.1, 0.15) is 30.6 Å². The maximum absolute atomic E-state index is 13.0. The second-order valence-electron chi connectivity index (χ2n) is 7.50. The molecule has 138 valence electrons. The summed E-state index contributed by atoms with van der Waals surface area (Å²) < 4.78 is 0.735. The summed E-state index contributed by atoms with van der Waals surface area (Å²) in [5.41, 5.74) is 1.14. The Balaban J connectivity index is 1.37. The maximum atomic E-state index is 13.0. The van der Waals surface area contributed by atoms with Crippen molar-refractivity contribution in [1.29, 1.82) is 0 Å². The SMILES string of the molecule is O=C1C(=Cc2ccc(-c3ccc(Cl)cc3)s2)SC(=S)N1C1CC2CCC1C2. The minimum Gasteiger partial charge on any atom is -0.289 e. The normalized spacial score (nSPS) is 28.7. The van der Waals surface area contributed by atoms with E-state index in [0.29, 0.717) is 12.0 Å². The van der Waals surface area contributed by atoms with Gasteiger partial charge in [-0.05, 0) is 67.0 Å². The van der Waals surface area contributed by atoms with Crippen LogP contribution < -0.4 is 0 Å². The van der Waals surface area contributed by atoms with Gasteiger partial charge in [-0.3, -0.25) is 9.69 Å². The highest BCUT2D eigenvalue weighted by molar-refractivity contribution is 8.26. The first kappa shape index (κ1) is 17.9. The van der Waals surface area contributed by atoms with E-state index in [1.807, 2.05) is 35.2 Å². The van der Waals surface area contributed by atoms with E-state index in [0.717, 1.165) is 37.0 Å². The van der Waals surface area contributed by atoms with Crippen LogP contribution in [0.25, 0.3) is 16.5 Å². The van der Waals surface area contributed by atoms with Gasteiger partial charge in [0, 0.05) is 20.8 Å². The van der Waals surface area contributed by atoms with Crippen LogP contribution in [0.3, 0.4) is 0 Å². The fraction of sp³-hybridized carbons (Fsp3) is 0.333. The smallest absolute Gasteiger partial charge is 0.266 e. The number of hydrogen-bond acceptors (Lipinski definition) is 4. The minimum atomic E-state index is 0.101. The third-order valence-electron chi connectivity index (χ3n) is 5.88. The molecule has 6 heteroatoms. The van der Waals surface area contributed by atoms with Gasteiger partial charge in [-0.15, -0.1) is 11.3 Å². The van der Waals surface area contributed by atoms with Gasteiger partial charge in [0.05, 0.1) is 4.91 Å². The van der Waals surface area contributed by atoms with Crippen LogP contribution in [0.5, 0.6) is 0 Å². The summed E-state index contributed by atoms with van der Waals surface area (Å²) in [5, 5.41) is 0.736. The molecule has 0 radical (unpaired) electrons. The largest absolute Gasteiger partial charge is 0.289 e. The predicted molar refractivity (Wildman–Crippen MR) is 119 cm³/mol. The molecule has 1 aromatic heterocycles. The lowest BCUT2D eigenvalue weighted by Gasteiger charge is -2.30. The minimum absolute atomic E-state index is 0.101. The predicted octanol–water partition coefficient (Wildman–Crippen LogP) is 6.46. The van der Waals surface area contributed by atoms with Gasteiger partial charge in [0.25, 0.3) is 5.91 Å². The molecule has 1 amide bonds. The van der Waals surface area contributed by atoms with Crippen molar-refractivity contribution in [2.24, 2.45) is 11.8 Å². The van der Waals surface area contributed by atoms with E-state index in [4.69, 9.17) is 23.8 Å². The molecule has 0 N–H and O–H groups in total. The average Bonchev–Trinajstić information content (AvgIpc) is 3.42. The molecule has 3 fully saturated rings. The Morgan fingerprint density at radius 2 is 1.93 bits per heavy atom. The lowest BCUT2D eigenvalue weighted by Crippen LogP contribution is -2.41. The summed E-state index contributed by atoms with van der Waals surface area (Å²) in [7, 11) is 0. The third-order valence-corrected chi connectivity index (χ3v) is 8.55. The van der Waals surface area contributed by atoms with E-state index in [1.165, 1.54) is 35.9 Å². The quantitative estimate of drug-likeness (QED) is 0.411. The zero-order valence-corrected chi connectivity index (χ0v) is 17.8. The van der Waals surface area contributed by atoms with Crippen molar-refractivity contribution in [3.8, 4) is 10.4 Å². The van der Waals surface area contributed by atoms with Gasteiger partial charge in [-0.1, -0.05) is 54.1 Å². The number of fused-ring (bicyclic) bond motifs is 2. The van der Waals surface area contributed by atoms with Crippen LogP contribution in [0.2, 0.25) is 5.02 Å². The Bertz CT molecular complexity index is 949. The van der Waals surface area contributed by atoms with Crippen LogP contribution in [0, 0.1) is 11.8 Å². The number of benzene rings is 1. The maximum Gasteiger partial charge on any atom is 0.266 e. The van der Waals surface area contributed by atoms with Gasteiger partial charge in [-0.2, -0.15) is 0 Å². The zero-order valence-electron chi connectivity index (χ0n) is 14.6. The fourth-order valence-electron chi connectivity index (χ4n) is 4.62. The first-order chi connectivity index (χ1) is 13.1. The summed E-state index contributed by atoms with van der Waals surface area (Å²) in [6, 6.07) is 12.3. The molecular formula is C21H18ClNOS3. The van der Waals surface area contributed by atoms with Crippen molar-refractivity contribution in [2.75, 3.05) is 0 Å². The molecule has 0 spiro atoms. The summed E-state index contributed by atoms with van der Waals surface area (Å²) in [6.45, 7) is 0. The summed E-state index contributed by atoms with van der Waals surface area (Å²) in [5.74, 6) is 1.55. The lowest BCUT2D eigenvalue weighted by atomic mass is 9.94. The topological polar surface area (TPSA) is 20.3 Å². The van der Waals surface area contributed by atoms with Crippen LogP contribution in [-0.4, -0.2) is 21.2 Å². The molecule has 5 rings (SSSR count). The molecular weight excluding hydrogens is 414 g/mol. The molecule has 3 aliphatic rings. The van der Waals surface area contributed by atoms with Crippen LogP contribution >= 0.6 is 46.9 Å². The monoisotopic (exact) mass is 431 g/mol. The number of rotatable bonds is 3. The fourth-order valence-corrected chi connectivity index (χ4v) is 7.14. The second kappa shape index (κ2) is 7.03. The Kier molecular flexibility index (Phi) is 4.67. The molecule has 2 nitrogen and oxygen atoms in total. The molecule has 2 aliphatic carbocycles. The standard InChI is InChI=1S/C21H18ClNOS3/c22-15-5-3-13(4-6-15)18-8-7-16(26-18)11-19-20(24)23(21(25)27-19)17-10-12-1-2-14(17)9-12/h3-8,11-12,14,17H,1-2,9-10H2. The van der Waals surface area contributed by atoms with Crippen LogP contribution in [-0.2, 0) is 4.79 Å². The number of thiophene rings is 1. The first-order valence-corrected chi connectivity index (χ1v) is 11.6. The first-order valence-electron chi connectivity index (χ1n) is 9.21. The highest BCUT2D eigenvalue weighted by Crippen LogP contribution is 2.49. The number of hydrogen-bond donors (Lipinski definition) is 0. The lowest BCUT2D eigenvalue weighted by molar-refractivity contribution is -0.124. The third kappa shape index (κ3) is 3.29. The summed E-state index contributed by atoms with van der Waals surface area (Å²) >= 11 is 14.7. The van der Waals surface area contributed by atoms with Gasteiger partial charge < -0.3 is 0 Å². The molecule has 3 unspecified atom stereocenters. The van der Waals surface area contributed by atoms with E-state index in [-0.39, 0.29) is 5.91 Å². The Labute approximate surface area is 177 Å². The van der Waals surface area contributed by atoms with Gasteiger partial charge in [-0.25, -0.2) is 0 Å². The molecule has 3 atom stereocenters. The van der Waals surface area contributed by atoms with E-state index in [9.17, 15) is 4.79 Å². The van der Waals surface area contributed by atoms with Crippen LogP contribution in [0.4, 0.5) is 0 Å². The van der Waals surface area contributed by atoms with Crippen molar-refractivity contribution in [1.82, 2.24) is 4.90 Å². The molecule has 2 bridgehead atoms. The Morgan fingerprint density at radius 1 is 1.11 bits per heavy atom. The Morgan fingerprint density at radius 3 is 2.63 bits per heavy atom. The van der Waals surface area contributed by atoms with Crippen molar-refractivity contribution in [2.45, 2.75) is 31.7 Å². The van der Waals surface area contributed by atoms with E-state index < -0.39 is 0 Å². The van der Waals surface area contributed by atoms with E-state index in [1.54, 1.807) is 11.3 Å². The van der Waals surface area contributed by atoms with E-state index >= 15 is 0 Å². The molecule has 2 saturated carbocycles. The Hall–Kier alpha value is -1.14. The van der Waals surface area contributed by atoms with Crippen LogP contribution in [0.15, 0.2) is 41.3 Å². The molecule has 2 aromatic rings. The molecule has 1 aromatic carbocycles.